The summed E-state index contributed by atoms with van der Waals surface area (Å²) in [6.45, 7) is 5.40. The molecule has 0 saturated heterocycles. The van der Waals surface area contributed by atoms with Crippen molar-refractivity contribution in [3.63, 3.8) is 0 Å². The van der Waals surface area contributed by atoms with Crippen molar-refractivity contribution in [3.05, 3.63) is 100 Å². The van der Waals surface area contributed by atoms with E-state index in [0.717, 1.165) is 6.07 Å². The standard InChI is InChI=1S/C30H27ClF2N6O4/c1-16(2)18-12-22(29(41)38(14-18)20-6-4-19(32)5-7-20)30(42)39(31)21-8-9-24(23(33)13-21)43-25-10-11-34-27-26(25)28(37-36-27)35-17(3)15-40/h4-14,16-17,40H,15H2,1-3H3,(H2,34,35,36,37)/t17-/m1/s1. The Morgan fingerprint density at radius 1 is 1.12 bits per heavy atom. The first kappa shape index (κ1) is 29.7. The van der Waals surface area contributed by atoms with E-state index in [2.05, 4.69) is 20.5 Å². The number of fused-ring (bicyclic) bond motifs is 1. The highest BCUT2D eigenvalue weighted by Gasteiger charge is 2.24. The Morgan fingerprint density at radius 2 is 1.86 bits per heavy atom. The monoisotopic (exact) mass is 608 g/mol. The SMILES string of the molecule is CC(C)c1cc(C(=O)N(Cl)c2ccc(Oc3ccnc4[nH]nc(N[C@H](C)CO)c34)c(F)c2)c(=O)n(-c2ccc(F)cc2)c1. The van der Waals surface area contributed by atoms with Crippen LogP contribution in [0.2, 0.25) is 0 Å². The zero-order valence-corrected chi connectivity index (χ0v) is 24.1. The van der Waals surface area contributed by atoms with Gasteiger partial charge in [-0.2, -0.15) is 5.10 Å². The Bertz CT molecular complexity index is 1860. The summed E-state index contributed by atoms with van der Waals surface area (Å²) in [6.07, 6.45) is 3.05. The fourth-order valence-corrected chi connectivity index (χ4v) is 4.49. The number of benzene rings is 2. The summed E-state index contributed by atoms with van der Waals surface area (Å²) in [5.41, 5.74) is 0.452. The van der Waals surface area contributed by atoms with Crippen LogP contribution in [-0.4, -0.2) is 43.4 Å². The molecular formula is C30H27ClF2N6O4. The van der Waals surface area contributed by atoms with Gasteiger partial charge in [0.1, 0.15) is 22.5 Å². The van der Waals surface area contributed by atoms with E-state index in [1.165, 1.54) is 59.3 Å². The van der Waals surface area contributed by atoms with Crippen molar-refractivity contribution in [2.45, 2.75) is 32.7 Å². The fraction of sp³-hybridized carbons (Fsp3) is 0.200. The van der Waals surface area contributed by atoms with E-state index in [1.807, 2.05) is 13.8 Å². The number of aliphatic hydroxyl groups is 1. The predicted octanol–water partition coefficient (Wildman–Crippen LogP) is 5.90. The van der Waals surface area contributed by atoms with Crippen LogP contribution in [0.1, 0.15) is 42.6 Å². The first-order valence-corrected chi connectivity index (χ1v) is 13.6. The predicted molar refractivity (Wildman–Crippen MR) is 159 cm³/mol. The van der Waals surface area contributed by atoms with Crippen molar-refractivity contribution in [1.82, 2.24) is 19.7 Å². The smallest absolute Gasteiger partial charge is 0.278 e. The maximum absolute atomic E-state index is 15.3. The number of halogens is 3. The molecule has 3 aromatic heterocycles. The number of hydrogen-bond donors (Lipinski definition) is 3. The average molecular weight is 609 g/mol. The van der Waals surface area contributed by atoms with Crippen molar-refractivity contribution in [1.29, 1.82) is 0 Å². The molecule has 0 spiro atoms. The maximum Gasteiger partial charge on any atom is 0.278 e. The quantitative estimate of drug-likeness (QED) is 0.178. The van der Waals surface area contributed by atoms with Gasteiger partial charge < -0.3 is 15.2 Å². The molecule has 0 radical (unpaired) electrons. The molecule has 1 amide bonds. The van der Waals surface area contributed by atoms with Crippen LogP contribution in [0.25, 0.3) is 16.7 Å². The van der Waals surface area contributed by atoms with Crippen molar-refractivity contribution in [2.75, 3.05) is 16.3 Å². The normalized spacial score (nSPS) is 12.0. The van der Waals surface area contributed by atoms with Crippen LogP contribution in [0.15, 0.2) is 71.8 Å². The number of carbonyl (C=O) groups is 1. The molecule has 13 heteroatoms. The number of anilines is 2. The molecule has 43 heavy (non-hydrogen) atoms. The van der Waals surface area contributed by atoms with E-state index in [-0.39, 0.29) is 41.3 Å². The number of aliphatic hydroxyl groups excluding tert-OH is 1. The van der Waals surface area contributed by atoms with Crippen molar-refractivity contribution < 1.29 is 23.4 Å². The van der Waals surface area contributed by atoms with Crippen LogP contribution in [0, 0.1) is 11.6 Å². The zero-order valence-electron chi connectivity index (χ0n) is 23.3. The topological polar surface area (TPSA) is 125 Å². The molecule has 3 N–H and O–H groups in total. The van der Waals surface area contributed by atoms with Crippen LogP contribution in [0.5, 0.6) is 11.5 Å². The van der Waals surface area contributed by atoms with Gasteiger partial charge in [0.2, 0.25) is 0 Å². The lowest BCUT2D eigenvalue weighted by molar-refractivity contribution is 0.100. The van der Waals surface area contributed by atoms with Crippen LogP contribution in [-0.2, 0) is 0 Å². The molecule has 0 fully saturated rings. The number of aromatic nitrogens is 4. The molecule has 2 aromatic carbocycles. The highest BCUT2D eigenvalue weighted by molar-refractivity contribution is 6.39. The van der Waals surface area contributed by atoms with E-state index < -0.39 is 23.1 Å². The van der Waals surface area contributed by atoms with E-state index in [4.69, 9.17) is 16.5 Å². The van der Waals surface area contributed by atoms with Gasteiger partial charge in [0, 0.05) is 48.0 Å². The molecule has 0 bridgehead atoms. The molecule has 0 aliphatic heterocycles. The highest BCUT2D eigenvalue weighted by Crippen LogP contribution is 2.35. The van der Waals surface area contributed by atoms with Gasteiger partial charge in [-0.15, -0.1) is 0 Å². The minimum atomic E-state index is -0.874. The van der Waals surface area contributed by atoms with Crippen LogP contribution >= 0.6 is 11.8 Å². The number of nitrogens with one attached hydrogen (secondary N) is 2. The Labute approximate surface area is 249 Å². The average Bonchev–Trinajstić information content (AvgIpc) is 3.41. The van der Waals surface area contributed by atoms with Gasteiger partial charge in [-0.25, -0.2) is 18.2 Å². The molecule has 10 nitrogen and oxygen atoms in total. The second-order valence-corrected chi connectivity index (χ2v) is 10.5. The second kappa shape index (κ2) is 12.2. The van der Waals surface area contributed by atoms with Gasteiger partial charge in [-0.1, -0.05) is 13.8 Å². The second-order valence-electron chi connectivity index (χ2n) is 10.1. The van der Waals surface area contributed by atoms with E-state index in [1.54, 1.807) is 13.1 Å². The van der Waals surface area contributed by atoms with E-state index in [0.29, 0.717) is 32.5 Å². The van der Waals surface area contributed by atoms with Gasteiger partial charge in [-0.05, 0) is 60.9 Å². The van der Waals surface area contributed by atoms with Gasteiger partial charge in [0.25, 0.3) is 11.5 Å². The number of rotatable bonds is 9. The Hall–Kier alpha value is -4.81. The molecule has 5 aromatic rings. The van der Waals surface area contributed by atoms with E-state index in [9.17, 15) is 19.1 Å². The molecule has 222 valence electrons. The first-order chi connectivity index (χ1) is 20.6. The minimum absolute atomic E-state index is 0.0403. The lowest BCUT2D eigenvalue weighted by Crippen LogP contribution is -2.32. The molecular weight excluding hydrogens is 582 g/mol. The summed E-state index contributed by atoms with van der Waals surface area (Å²) in [6, 6.07) is 11.6. The molecule has 0 saturated carbocycles. The number of ether oxygens (including phenoxy) is 1. The fourth-order valence-electron chi connectivity index (χ4n) is 4.29. The number of pyridine rings is 2. The summed E-state index contributed by atoms with van der Waals surface area (Å²) in [5, 5.41) is 19.8. The van der Waals surface area contributed by atoms with Gasteiger partial charge in [-0.3, -0.25) is 19.3 Å². The van der Waals surface area contributed by atoms with Crippen LogP contribution < -0.4 is 20.0 Å². The summed E-state index contributed by atoms with van der Waals surface area (Å²) in [7, 11) is 0. The lowest BCUT2D eigenvalue weighted by Gasteiger charge is -2.18. The van der Waals surface area contributed by atoms with Gasteiger partial charge in [0.05, 0.1) is 12.3 Å². The van der Waals surface area contributed by atoms with Gasteiger partial charge >= 0.3 is 0 Å². The molecule has 0 aliphatic rings. The molecule has 0 unspecified atom stereocenters. The summed E-state index contributed by atoms with van der Waals surface area (Å²) >= 11 is 6.37. The lowest BCUT2D eigenvalue weighted by atomic mass is 10.0. The number of nitrogens with zero attached hydrogens (tertiary/aromatic N) is 4. The summed E-state index contributed by atoms with van der Waals surface area (Å²) in [4.78, 5) is 31.0. The third kappa shape index (κ3) is 6.06. The molecule has 0 aliphatic carbocycles. The largest absolute Gasteiger partial charge is 0.453 e. The first-order valence-electron chi connectivity index (χ1n) is 13.3. The van der Waals surface area contributed by atoms with E-state index >= 15 is 4.39 Å². The maximum atomic E-state index is 15.3. The van der Waals surface area contributed by atoms with Crippen LogP contribution in [0.4, 0.5) is 20.3 Å². The summed E-state index contributed by atoms with van der Waals surface area (Å²) < 4.78 is 36.6. The Morgan fingerprint density at radius 3 is 2.53 bits per heavy atom. The number of aromatic amines is 1. The van der Waals surface area contributed by atoms with Gasteiger partial charge in [0.15, 0.2) is 23.0 Å². The zero-order chi connectivity index (χ0) is 30.8. The summed E-state index contributed by atoms with van der Waals surface area (Å²) in [5.74, 6) is -1.80. The third-order valence-corrected chi connectivity index (χ3v) is 7.01. The van der Waals surface area contributed by atoms with Crippen molar-refractivity contribution in [3.8, 4) is 17.2 Å². The number of carbonyl (C=O) groups excluding carboxylic acids is 1. The molecule has 3 heterocycles. The Balaban J connectivity index is 1.45. The Kier molecular flexibility index (Phi) is 8.42. The number of amides is 1. The molecule has 5 rings (SSSR count). The van der Waals surface area contributed by atoms with Crippen LogP contribution in [0.3, 0.4) is 0 Å². The third-order valence-electron chi connectivity index (χ3n) is 6.66. The highest BCUT2D eigenvalue weighted by atomic mass is 35.5. The minimum Gasteiger partial charge on any atom is -0.453 e. The van der Waals surface area contributed by atoms with Crippen molar-refractivity contribution in [2.24, 2.45) is 0 Å². The molecule has 1 atom stereocenters. The number of hydrogen-bond acceptors (Lipinski definition) is 7. The van der Waals surface area contributed by atoms with Crippen molar-refractivity contribution >= 4 is 40.2 Å². The number of H-pyrrole nitrogens is 1.